The molecule has 0 bridgehead atoms. The molecule has 2 aliphatic rings. The van der Waals surface area contributed by atoms with Crippen LogP contribution in [-0.2, 0) is 24.3 Å². The molecule has 0 spiro atoms. The summed E-state index contributed by atoms with van der Waals surface area (Å²) in [5.41, 5.74) is 2.00. The minimum absolute atomic E-state index is 0.104. The van der Waals surface area contributed by atoms with Crippen molar-refractivity contribution in [3.05, 3.63) is 21.6 Å². The van der Waals surface area contributed by atoms with Gasteiger partial charge in [-0.25, -0.2) is 0 Å². The molecule has 2 aliphatic heterocycles. The second-order valence-electron chi connectivity index (χ2n) is 4.93. The summed E-state index contributed by atoms with van der Waals surface area (Å²) in [4.78, 5) is 12.1. The predicted molar refractivity (Wildman–Crippen MR) is 64.1 cm³/mol. The summed E-state index contributed by atoms with van der Waals surface area (Å²) in [6.07, 6.45) is 4.50. The molecule has 0 radical (unpaired) electrons. The third-order valence-corrected chi connectivity index (χ3v) is 3.70. The van der Waals surface area contributed by atoms with E-state index in [1.54, 1.807) is 4.68 Å². The first-order valence-corrected chi connectivity index (χ1v) is 6.46. The average Bonchev–Trinajstić information content (AvgIpc) is 2.68. The predicted octanol–water partition coefficient (Wildman–Crippen LogP) is 0.391. The molecule has 2 N–H and O–H groups in total. The molecule has 5 nitrogen and oxygen atoms in total. The minimum Gasteiger partial charge on any atom is -0.376 e. The molecule has 0 saturated carbocycles. The number of hydrogen-bond donors (Lipinski definition) is 2. The van der Waals surface area contributed by atoms with E-state index in [1.165, 1.54) is 12.8 Å². The zero-order chi connectivity index (χ0) is 11.7. The SMILES string of the molecule is O=c1c2c([nH]n1CC1CCCCN1)CCOC2. The lowest BCUT2D eigenvalue weighted by Gasteiger charge is -2.23. The van der Waals surface area contributed by atoms with Gasteiger partial charge in [-0.1, -0.05) is 6.42 Å². The molecule has 1 saturated heterocycles. The van der Waals surface area contributed by atoms with Gasteiger partial charge in [0.2, 0.25) is 0 Å². The van der Waals surface area contributed by atoms with E-state index < -0.39 is 0 Å². The third-order valence-electron chi connectivity index (χ3n) is 3.70. The van der Waals surface area contributed by atoms with Crippen LogP contribution >= 0.6 is 0 Å². The van der Waals surface area contributed by atoms with Crippen molar-refractivity contribution in [2.24, 2.45) is 0 Å². The molecule has 3 heterocycles. The van der Waals surface area contributed by atoms with Crippen LogP contribution in [0.15, 0.2) is 4.79 Å². The van der Waals surface area contributed by atoms with Gasteiger partial charge in [-0.3, -0.25) is 14.6 Å². The number of fused-ring (bicyclic) bond motifs is 1. The van der Waals surface area contributed by atoms with Gasteiger partial charge < -0.3 is 10.1 Å². The van der Waals surface area contributed by atoms with Crippen LogP contribution in [0.5, 0.6) is 0 Å². The van der Waals surface area contributed by atoms with Crippen molar-refractivity contribution >= 4 is 0 Å². The quantitative estimate of drug-likeness (QED) is 0.782. The second-order valence-corrected chi connectivity index (χ2v) is 4.93. The van der Waals surface area contributed by atoms with E-state index in [4.69, 9.17) is 4.74 Å². The summed E-state index contributed by atoms with van der Waals surface area (Å²) in [6, 6.07) is 0.433. The zero-order valence-corrected chi connectivity index (χ0v) is 10.00. The van der Waals surface area contributed by atoms with Gasteiger partial charge in [-0.15, -0.1) is 0 Å². The molecule has 17 heavy (non-hydrogen) atoms. The Hall–Kier alpha value is -1.07. The molecule has 0 aliphatic carbocycles. The van der Waals surface area contributed by atoms with Gasteiger partial charge in [-0.2, -0.15) is 0 Å². The van der Waals surface area contributed by atoms with Crippen molar-refractivity contribution in [1.82, 2.24) is 15.1 Å². The maximum atomic E-state index is 12.1. The second kappa shape index (κ2) is 4.66. The van der Waals surface area contributed by atoms with E-state index in [1.807, 2.05) is 0 Å². The maximum Gasteiger partial charge on any atom is 0.272 e. The first-order chi connectivity index (χ1) is 8.34. The van der Waals surface area contributed by atoms with Crippen LogP contribution in [0.1, 0.15) is 30.5 Å². The molecular formula is C12H19N3O2. The molecule has 1 atom stereocenters. The molecule has 1 aromatic rings. The number of nitrogens with one attached hydrogen (secondary N) is 2. The van der Waals surface area contributed by atoms with E-state index in [-0.39, 0.29) is 5.56 Å². The van der Waals surface area contributed by atoms with Crippen LogP contribution in [0.25, 0.3) is 0 Å². The number of nitrogens with zero attached hydrogens (tertiary/aromatic N) is 1. The molecule has 1 fully saturated rings. The lowest BCUT2D eigenvalue weighted by molar-refractivity contribution is 0.109. The number of H-pyrrole nitrogens is 1. The van der Waals surface area contributed by atoms with Gasteiger partial charge in [0, 0.05) is 18.2 Å². The summed E-state index contributed by atoms with van der Waals surface area (Å²) < 4.78 is 7.08. The van der Waals surface area contributed by atoms with Crippen LogP contribution in [-0.4, -0.2) is 29.0 Å². The molecule has 1 aromatic heterocycles. The van der Waals surface area contributed by atoms with Gasteiger partial charge >= 0.3 is 0 Å². The number of aromatic amines is 1. The fourth-order valence-corrected chi connectivity index (χ4v) is 2.71. The topological polar surface area (TPSA) is 59.0 Å². The van der Waals surface area contributed by atoms with E-state index in [9.17, 15) is 4.79 Å². The Labute approximate surface area is 100 Å². The smallest absolute Gasteiger partial charge is 0.272 e. The number of hydrogen-bond acceptors (Lipinski definition) is 3. The molecule has 5 heteroatoms. The highest BCUT2D eigenvalue weighted by atomic mass is 16.5. The van der Waals surface area contributed by atoms with Crippen molar-refractivity contribution in [2.75, 3.05) is 13.2 Å². The highest BCUT2D eigenvalue weighted by Crippen LogP contribution is 2.12. The third kappa shape index (κ3) is 2.17. The zero-order valence-electron chi connectivity index (χ0n) is 10.00. The largest absolute Gasteiger partial charge is 0.376 e. The lowest BCUT2D eigenvalue weighted by Crippen LogP contribution is -2.39. The Kier molecular flexibility index (Phi) is 3.03. The van der Waals surface area contributed by atoms with E-state index in [0.29, 0.717) is 19.3 Å². The normalized spacial score (nSPS) is 24.6. The van der Waals surface area contributed by atoms with Gasteiger partial charge in [0.25, 0.3) is 5.56 Å². The average molecular weight is 237 g/mol. The monoisotopic (exact) mass is 237 g/mol. The molecule has 0 aromatic carbocycles. The summed E-state index contributed by atoms with van der Waals surface area (Å²) >= 11 is 0. The van der Waals surface area contributed by atoms with E-state index >= 15 is 0 Å². The Morgan fingerprint density at radius 1 is 1.41 bits per heavy atom. The van der Waals surface area contributed by atoms with Gasteiger partial charge in [0.15, 0.2) is 0 Å². The Morgan fingerprint density at radius 3 is 3.12 bits per heavy atom. The molecule has 1 unspecified atom stereocenters. The van der Waals surface area contributed by atoms with Crippen molar-refractivity contribution in [3.63, 3.8) is 0 Å². The number of piperidine rings is 1. The molecule has 94 valence electrons. The van der Waals surface area contributed by atoms with Gasteiger partial charge in [0.1, 0.15) is 0 Å². The Morgan fingerprint density at radius 2 is 2.35 bits per heavy atom. The number of aromatic nitrogens is 2. The number of ether oxygens (including phenoxy) is 1. The Bertz CT molecular complexity index is 443. The standard InChI is InChI=1S/C12H19N3O2/c16-12-10-8-17-6-4-11(10)14-15(12)7-9-3-1-2-5-13-9/h9,13-14H,1-8H2. The molecule has 0 amide bonds. The lowest BCUT2D eigenvalue weighted by atomic mass is 10.1. The van der Waals surface area contributed by atoms with Crippen LogP contribution in [0.4, 0.5) is 0 Å². The molecular weight excluding hydrogens is 218 g/mol. The summed E-state index contributed by atoms with van der Waals surface area (Å²) in [5.74, 6) is 0. The van der Waals surface area contributed by atoms with Gasteiger partial charge in [0.05, 0.1) is 25.3 Å². The maximum absolute atomic E-state index is 12.1. The van der Waals surface area contributed by atoms with Crippen LogP contribution in [0, 0.1) is 0 Å². The summed E-state index contributed by atoms with van der Waals surface area (Å²) in [6.45, 7) is 3.01. The fourth-order valence-electron chi connectivity index (χ4n) is 2.71. The van der Waals surface area contributed by atoms with Crippen LogP contribution in [0.2, 0.25) is 0 Å². The van der Waals surface area contributed by atoms with Crippen molar-refractivity contribution < 1.29 is 4.74 Å². The fraction of sp³-hybridized carbons (Fsp3) is 0.750. The summed E-state index contributed by atoms with van der Waals surface area (Å²) in [7, 11) is 0. The highest BCUT2D eigenvalue weighted by molar-refractivity contribution is 5.18. The van der Waals surface area contributed by atoms with E-state index in [0.717, 1.165) is 37.2 Å². The van der Waals surface area contributed by atoms with Crippen LogP contribution in [0.3, 0.4) is 0 Å². The van der Waals surface area contributed by atoms with Crippen molar-refractivity contribution in [3.8, 4) is 0 Å². The minimum atomic E-state index is 0.104. The Balaban J connectivity index is 1.78. The van der Waals surface area contributed by atoms with Crippen LogP contribution < -0.4 is 10.9 Å². The number of rotatable bonds is 2. The van der Waals surface area contributed by atoms with Gasteiger partial charge in [-0.05, 0) is 19.4 Å². The van der Waals surface area contributed by atoms with E-state index in [2.05, 4.69) is 10.4 Å². The van der Waals surface area contributed by atoms with Crippen molar-refractivity contribution in [1.29, 1.82) is 0 Å². The first-order valence-electron chi connectivity index (χ1n) is 6.46. The molecule has 3 rings (SSSR count). The first kappa shape index (κ1) is 11.0. The summed E-state index contributed by atoms with van der Waals surface area (Å²) in [5, 5.41) is 6.70. The highest BCUT2D eigenvalue weighted by Gasteiger charge is 2.20. The van der Waals surface area contributed by atoms with Crippen molar-refractivity contribution in [2.45, 2.75) is 44.9 Å².